The number of anilines is 1. The molecule has 2 fully saturated rings. The van der Waals surface area contributed by atoms with Crippen molar-refractivity contribution in [1.29, 1.82) is 0 Å². The summed E-state index contributed by atoms with van der Waals surface area (Å²) in [5, 5.41) is -0.392. The molecule has 0 aliphatic carbocycles. The molecule has 2 aromatic rings. The predicted octanol–water partition coefficient (Wildman–Crippen LogP) is 4.20. The van der Waals surface area contributed by atoms with Crippen LogP contribution < -0.4 is 4.90 Å². The van der Waals surface area contributed by atoms with Gasteiger partial charge in [0.25, 0.3) is 11.1 Å². The van der Waals surface area contributed by atoms with E-state index in [1.54, 1.807) is 11.0 Å². The Kier molecular flexibility index (Phi) is 6.65. The van der Waals surface area contributed by atoms with E-state index >= 15 is 0 Å². The van der Waals surface area contributed by atoms with Crippen LogP contribution in [0.4, 0.5) is 10.5 Å². The Bertz CT molecular complexity index is 1030. The normalized spacial score (nSPS) is 18.2. The topological polar surface area (TPSA) is 60.9 Å². The van der Waals surface area contributed by atoms with Gasteiger partial charge >= 0.3 is 0 Å². The number of thioether (sulfide) groups is 1. The molecule has 7 heteroatoms. The van der Waals surface area contributed by atoms with Gasteiger partial charge in [-0.05, 0) is 47.0 Å². The van der Waals surface area contributed by atoms with Gasteiger partial charge in [-0.1, -0.05) is 56.3 Å². The van der Waals surface area contributed by atoms with Crippen molar-refractivity contribution < 1.29 is 14.4 Å². The van der Waals surface area contributed by atoms with Crippen molar-refractivity contribution in [2.75, 3.05) is 37.6 Å². The Morgan fingerprint density at radius 3 is 2.25 bits per heavy atom. The maximum atomic E-state index is 12.8. The first-order valence-corrected chi connectivity index (χ1v) is 11.7. The van der Waals surface area contributed by atoms with E-state index in [9.17, 15) is 14.4 Å². The van der Waals surface area contributed by atoms with Gasteiger partial charge in [0.15, 0.2) is 0 Å². The Morgan fingerprint density at radius 1 is 0.969 bits per heavy atom. The number of piperazine rings is 1. The number of hydrogen-bond donors (Lipinski definition) is 0. The van der Waals surface area contributed by atoms with Gasteiger partial charge in [-0.25, -0.2) is 0 Å². The molecule has 2 saturated heterocycles. The molecule has 0 saturated carbocycles. The average molecular weight is 450 g/mol. The summed E-state index contributed by atoms with van der Waals surface area (Å²) in [6, 6.07) is 18.0. The van der Waals surface area contributed by atoms with Crippen molar-refractivity contribution in [3.8, 4) is 0 Å². The maximum absolute atomic E-state index is 12.8. The zero-order valence-corrected chi connectivity index (χ0v) is 19.2. The van der Waals surface area contributed by atoms with Gasteiger partial charge in [0.1, 0.15) is 6.54 Å². The van der Waals surface area contributed by atoms with Crippen LogP contribution >= 0.6 is 11.8 Å². The van der Waals surface area contributed by atoms with E-state index in [2.05, 4.69) is 30.9 Å². The Balaban J connectivity index is 1.35. The van der Waals surface area contributed by atoms with Crippen LogP contribution in [-0.4, -0.2) is 59.6 Å². The smallest absolute Gasteiger partial charge is 0.294 e. The fourth-order valence-corrected chi connectivity index (χ4v) is 4.69. The van der Waals surface area contributed by atoms with Gasteiger partial charge in [0, 0.05) is 31.9 Å². The van der Waals surface area contributed by atoms with Crippen LogP contribution in [0.5, 0.6) is 0 Å². The van der Waals surface area contributed by atoms with Gasteiger partial charge in [0.05, 0.1) is 4.91 Å². The SMILES string of the molecule is CC(C)c1ccc(/C=C2/SC(=O)N(CC(=O)N3CCN(c4ccccc4)CC3)C2=O)cc1. The molecule has 2 heterocycles. The van der Waals surface area contributed by atoms with E-state index in [0.717, 1.165) is 41.0 Å². The second kappa shape index (κ2) is 9.61. The van der Waals surface area contributed by atoms with Crippen molar-refractivity contribution in [2.24, 2.45) is 0 Å². The quantitative estimate of drug-likeness (QED) is 0.641. The molecule has 0 spiro atoms. The van der Waals surface area contributed by atoms with Crippen LogP contribution in [0.15, 0.2) is 59.5 Å². The van der Waals surface area contributed by atoms with Gasteiger partial charge < -0.3 is 9.80 Å². The van der Waals surface area contributed by atoms with Crippen LogP contribution in [0.3, 0.4) is 0 Å². The number of benzene rings is 2. The summed E-state index contributed by atoms with van der Waals surface area (Å²) in [4.78, 5) is 43.4. The van der Waals surface area contributed by atoms with Crippen molar-refractivity contribution in [3.63, 3.8) is 0 Å². The second-order valence-corrected chi connectivity index (χ2v) is 9.29. The highest BCUT2D eigenvalue weighted by atomic mass is 32.2. The van der Waals surface area contributed by atoms with E-state index in [4.69, 9.17) is 0 Å². The maximum Gasteiger partial charge on any atom is 0.294 e. The Labute approximate surface area is 192 Å². The summed E-state index contributed by atoms with van der Waals surface area (Å²) in [5.74, 6) is -0.163. The molecule has 3 amide bonds. The molecule has 2 aliphatic rings. The highest BCUT2D eigenvalue weighted by molar-refractivity contribution is 8.18. The number of amides is 3. The molecule has 2 aromatic carbocycles. The standard InChI is InChI=1S/C25H27N3O3S/c1-18(2)20-10-8-19(9-11-20)16-22-24(30)28(25(31)32-22)17-23(29)27-14-12-26(13-15-27)21-6-4-3-5-7-21/h3-11,16,18H,12-15,17H2,1-2H3/b22-16+. The van der Waals surface area contributed by atoms with Crippen molar-refractivity contribution >= 4 is 40.6 Å². The fraction of sp³-hybridized carbons (Fsp3) is 0.320. The zero-order chi connectivity index (χ0) is 22.7. The third-order valence-electron chi connectivity index (χ3n) is 5.82. The molecule has 0 bridgehead atoms. The lowest BCUT2D eigenvalue weighted by molar-refractivity contribution is -0.136. The van der Waals surface area contributed by atoms with Crippen LogP contribution in [0.25, 0.3) is 6.08 Å². The van der Waals surface area contributed by atoms with E-state index < -0.39 is 11.1 Å². The fourth-order valence-electron chi connectivity index (χ4n) is 3.85. The molecule has 166 valence electrons. The van der Waals surface area contributed by atoms with Crippen LogP contribution in [0, 0.1) is 0 Å². The number of hydrogen-bond acceptors (Lipinski definition) is 5. The third kappa shape index (κ3) is 4.88. The van der Waals surface area contributed by atoms with Crippen molar-refractivity contribution in [3.05, 3.63) is 70.6 Å². The number of imide groups is 1. The van der Waals surface area contributed by atoms with Gasteiger partial charge in [-0.3, -0.25) is 19.3 Å². The number of para-hydroxylation sites is 1. The molecule has 0 aromatic heterocycles. The highest BCUT2D eigenvalue weighted by Crippen LogP contribution is 2.32. The minimum absolute atomic E-state index is 0.192. The van der Waals surface area contributed by atoms with E-state index in [1.807, 2.05) is 42.5 Å². The lowest BCUT2D eigenvalue weighted by Crippen LogP contribution is -2.51. The predicted molar refractivity (Wildman–Crippen MR) is 128 cm³/mol. The molecule has 2 aliphatic heterocycles. The third-order valence-corrected chi connectivity index (χ3v) is 6.73. The molecule has 0 unspecified atom stereocenters. The first-order chi connectivity index (χ1) is 15.4. The average Bonchev–Trinajstić information content (AvgIpc) is 3.07. The lowest BCUT2D eigenvalue weighted by atomic mass is 10.0. The number of carbonyl (C=O) groups is 3. The summed E-state index contributed by atoms with van der Waals surface area (Å²) in [6.07, 6.45) is 1.72. The molecule has 6 nitrogen and oxygen atoms in total. The van der Waals surface area contributed by atoms with Crippen LogP contribution in [0.2, 0.25) is 0 Å². The first-order valence-electron chi connectivity index (χ1n) is 10.9. The summed E-state index contributed by atoms with van der Waals surface area (Å²) in [7, 11) is 0. The minimum atomic E-state index is -0.399. The Morgan fingerprint density at radius 2 is 1.62 bits per heavy atom. The summed E-state index contributed by atoms with van der Waals surface area (Å²) < 4.78 is 0. The first kappa shape index (κ1) is 22.1. The van der Waals surface area contributed by atoms with E-state index in [-0.39, 0.29) is 12.5 Å². The van der Waals surface area contributed by atoms with E-state index in [0.29, 0.717) is 23.9 Å². The molecular weight excluding hydrogens is 422 g/mol. The summed E-state index contributed by atoms with van der Waals surface area (Å²) in [5.41, 5.74) is 3.22. The van der Waals surface area contributed by atoms with Gasteiger partial charge in [-0.15, -0.1) is 0 Å². The van der Waals surface area contributed by atoms with Crippen molar-refractivity contribution in [2.45, 2.75) is 19.8 Å². The second-order valence-electron chi connectivity index (χ2n) is 8.29. The highest BCUT2D eigenvalue weighted by Gasteiger charge is 2.37. The summed E-state index contributed by atoms with van der Waals surface area (Å²) in [6.45, 7) is 6.63. The summed E-state index contributed by atoms with van der Waals surface area (Å²) >= 11 is 0.893. The number of nitrogens with zero attached hydrogens (tertiary/aromatic N) is 3. The van der Waals surface area contributed by atoms with E-state index in [1.165, 1.54) is 5.56 Å². The molecule has 32 heavy (non-hydrogen) atoms. The Hall–Kier alpha value is -3.06. The number of carbonyl (C=O) groups excluding carboxylic acids is 3. The molecule has 0 radical (unpaired) electrons. The van der Waals surface area contributed by atoms with Crippen LogP contribution in [0.1, 0.15) is 30.9 Å². The van der Waals surface area contributed by atoms with Crippen molar-refractivity contribution in [1.82, 2.24) is 9.80 Å². The monoisotopic (exact) mass is 449 g/mol. The zero-order valence-electron chi connectivity index (χ0n) is 18.4. The van der Waals surface area contributed by atoms with Gasteiger partial charge in [0.2, 0.25) is 5.91 Å². The molecule has 4 rings (SSSR count). The lowest BCUT2D eigenvalue weighted by Gasteiger charge is -2.36. The molecular formula is C25H27N3O3S. The van der Waals surface area contributed by atoms with Crippen LogP contribution in [-0.2, 0) is 9.59 Å². The molecule has 0 atom stereocenters. The molecule has 0 N–H and O–H groups in total. The number of rotatable bonds is 5. The van der Waals surface area contributed by atoms with Gasteiger partial charge in [-0.2, -0.15) is 0 Å². The minimum Gasteiger partial charge on any atom is -0.368 e. The largest absolute Gasteiger partial charge is 0.368 e.